The van der Waals surface area contributed by atoms with Crippen molar-refractivity contribution in [2.24, 2.45) is 5.92 Å². The lowest BCUT2D eigenvalue weighted by Crippen LogP contribution is -2.43. The standard InChI is InChI=1S/C20H20N4O5S/c1-13(25)14-7-9-16(10-8-14)21-20(26)15-4-3-11-24(12-15)30(27,28)18-6-2-5-17-19(18)23-29-22-17/h2,5-10,15H,3-4,11-12H2,1H3,(H,21,26)/t15-/m0/s1. The fourth-order valence-corrected chi connectivity index (χ4v) is 5.20. The predicted molar refractivity (Wildman–Crippen MR) is 108 cm³/mol. The molecule has 0 spiro atoms. The van der Waals surface area contributed by atoms with Gasteiger partial charge in [-0.15, -0.1) is 0 Å². The number of ketones is 1. The highest BCUT2D eigenvalue weighted by Crippen LogP contribution is 2.28. The number of hydrogen-bond donors (Lipinski definition) is 1. The van der Waals surface area contributed by atoms with Crippen molar-refractivity contribution >= 4 is 38.4 Å². The number of rotatable bonds is 5. The summed E-state index contributed by atoms with van der Waals surface area (Å²) in [5.74, 6) is -0.805. The molecular weight excluding hydrogens is 408 g/mol. The number of nitrogens with zero attached hydrogens (tertiary/aromatic N) is 3. The number of amides is 1. The summed E-state index contributed by atoms with van der Waals surface area (Å²) in [6.07, 6.45) is 1.15. The second-order valence-electron chi connectivity index (χ2n) is 7.21. The van der Waals surface area contributed by atoms with E-state index in [9.17, 15) is 18.0 Å². The van der Waals surface area contributed by atoms with Crippen LogP contribution in [-0.2, 0) is 14.8 Å². The summed E-state index contributed by atoms with van der Waals surface area (Å²) in [7, 11) is -3.86. The van der Waals surface area contributed by atoms with Gasteiger partial charge in [-0.1, -0.05) is 6.07 Å². The summed E-state index contributed by atoms with van der Waals surface area (Å²) in [6.45, 7) is 1.86. The van der Waals surface area contributed by atoms with Gasteiger partial charge in [0, 0.05) is 24.3 Å². The quantitative estimate of drug-likeness (QED) is 0.619. The van der Waals surface area contributed by atoms with Crippen LogP contribution >= 0.6 is 0 Å². The molecule has 0 aliphatic carbocycles. The highest BCUT2D eigenvalue weighted by atomic mass is 32.2. The minimum absolute atomic E-state index is 0.0159. The first kappa shape index (κ1) is 20.2. The molecule has 1 saturated heterocycles. The molecule has 4 rings (SSSR count). The van der Waals surface area contributed by atoms with Crippen molar-refractivity contribution in [1.29, 1.82) is 0 Å². The van der Waals surface area contributed by atoms with Crippen LogP contribution in [0.15, 0.2) is 52.0 Å². The van der Waals surface area contributed by atoms with Crippen LogP contribution in [0.2, 0.25) is 0 Å². The van der Waals surface area contributed by atoms with Gasteiger partial charge in [-0.2, -0.15) is 4.31 Å². The minimum Gasteiger partial charge on any atom is -0.326 e. The Labute approximate surface area is 173 Å². The Morgan fingerprint density at radius 1 is 1.13 bits per heavy atom. The molecule has 2 aromatic carbocycles. The summed E-state index contributed by atoms with van der Waals surface area (Å²) < 4.78 is 32.3. The highest BCUT2D eigenvalue weighted by molar-refractivity contribution is 7.89. The van der Waals surface area contributed by atoms with Gasteiger partial charge < -0.3 is 5.32 Å². The lowest BCUT2D eigenvalue weighted by Gasteiger charge is -2.31. The van der Waals surface area contributed by atoms with E-state index in [4.69, 9.17) is 0 Å². The van der Waals surface area contributed by atoms with Crippen molar-refractivity contribution in [2.45, 2.75) is 24.7 Å². The number of piperidine rings is 1. The molecule has 0 unspecified atom stereocenters. The Bertz CT molecular complexity index is 1200. The van der Waals surface area contributed by atoms with Gasteiger partial charge in [-0.3, -0.25) is 9.59 Å². The monoisotopic (exact) mass is 428 g/mol. The number of carbonyl (C=O) groups excluding carboxylic acids is 2. The number of nitrogens with one attached hydrogen (secondary N) is 1. The summed E-state index contributed by atoms with van der Waals surface area (Å²) >= 11 is 0. The first-order chi connectivity index (χ1) is 14.4. The molecule has 1 amide bonds. The molecule has 1 aromatic heterocycles. The van der Waals surface area contributed by atoms with Crippen LogP contribution in [0, 0.1) is 5.92 Å². The molecule has 2 heterocycles. The highest BCUT2D eigenvalue weighted by Gasteiger charge is 2.34. The van der Waals surface area contributed by atoms with Gasteiger partial charge in [0.05, 0.1) is 5.92 Å². The zero-order valence-electron chi connectivity index (χ0n) is 16.2. The number of hydrogen-bond acceptors (Lipinski definition) is 7. The lowest BCUT2D eigenvalue weighted by molar-refractivity contribution is -0.120. The second kappa shape index (κ2) is 7.96. The molecule has 3 aromatic rings. The maximum atomic E-state index is 13.2. The van der Waals surface area contributed by atoms with Gasteiger partial charge in [-0.25, -0.2) is 13.0 Å². The van der Waals surface area contributed by atoms with Crippen molar-refractivity contribution in [2.75, 3.05) is 18.4 Å². The number of sulfonamides is 1. The average Bonchev–Trinajstić information content (AvgIpc) is 3.23. The Balaban J connectivity index is 1.50. The van der Waals surface area contributed by atoms with Crippen LogP contribution in [0.3, 0.4) is 0 Å². The van der Waals surface area contributed by atoms with Crippen molar-refractivity contribution in [1.82, 2.24) is 14.6 Å². The number of carbonyl (C=O) groups is 2. The summed E-state index contributed by atoms with van der Waals surface area (Å²) in [4.78, 5) is 24.1. The summed E-state index contributed by atoms with van der Waals surface area (Å²) in [6, 6.07) is 11.3. The third kappa shape index (κ3) is 3.83. The molecule has 1 atom stereocenters. The van der Waals surface area contributed by atoms with Crippen LogP contribution in [0.1, 0.15) is 30.1 Å². The maximum Gasteiger partial charge on any atom is 0.245 e. The second-order valence-corrected chi connectivity index (χ2v) is 9.12. The van der Waals surface area contributed by atoms with E-state index in [1.807, 2.05) is 0 Å². The third-order valence-electron chi connectivity index (χ3n) is 5.18. The van der Waals surface area contributed by atoms with Crippen LogP contribution in [0.4, 0.5) is 5.69 Å². The normalized spacial score (nSPS) is 17.7. The number of fused-ring (bicyclic) bond motifs is 1. The maximum absolute atomic E-state index is 13.2. The van der Waals surface area contributed by atoms with E-state index in [-0.39, 0.29) is 28.6 Å². The first-order valence-electron chi connectivity index (χ1n) is 9.49. The fraction of sp³-hybridized carbons (Fsp3) is 0.300. The van der Waals surface area contributed by atoms with Crippen LogP contribution in [0.5, 0.6) is 0 Å². The van der Waals surface area contributed by atoms with E-state index in [0.29, 0.717) is 36.2 Å². The molecule has 0 saturated carbocycles. The van der Waals surface area contributed by atoms with E-state index in [2.05, 4.69) is 20.3 Å². The zero-order valence-corrected chi connectivity index (χ0v) is 17.1. The summed E-state index contributed by atoms with van der Waals surface area (Å²) in [5.41, 5.74) is 1.65. The van der Waals surface area contributed by atoms with Crippen molar-refractivity contribution in [3.63, 3.8) is 0 Å². The minimum atomic E-state index is -3.86. The molecule has 156 valence electrons. The number of anilines is 1. The SMILES string of the molecule is CC(=O)c1ccc(NC(=O)[C@H]2CCCN(S(=O)(=O)c3cccc4nonc34)C2)cc1. The largest absolute Gasteiger partial charge is 0.326 e. The van der Waals surface area contributed by atoms with Crippen LogP contribution < -0.4 is 5.32 Å². The molecule has 30 heavy (non-hydrogen) atoms. The number of Topliss-reactive ketones (excluding diaryl/α,β-unsaturated/α-hetero) is 1. The molecule has 1 aliphatic heterocycles. The lowest BCUT2D eigenvalue weighted by atomic mass is 9.98. The van der Waals surface area contributed by atoms with Gasteiger partial charge in [0.15, 0.2) is 11.3 Å². The zero-order chi connectivity index (χ0) is 21.3. The van der Waals surface area contributed by atoms with Gasteiger partial charge in [0.25, 0.3) is 0 Å². The molecule has 0 bridgehead atoms. The van der Waals surface area contributed by atoms with Crippen LogP contribution in [0.25, 0.3) is 11.0 Å². The third-order valence-corrected chi connectivity index (χ3v) is 7.08. The Morgan fingerprint density at radius 2 is 1.90 bits per heavy atom. The van der Waals surface area contributed by atoms with Gasteiger partial charge in [0.1, 0.15) is 10.4 Å². The van der Waals surface area contributed by atoms with Gasteiger partial charge >= 0.3 is 0 Å². The Hall–Kier alpha value is -3.11. The molecular formula is C20H20N4O5S. The van der Waals surface area contributed by atoms with E-state index in [1.165, 1.54) is 17.3 Å². The first-order valence-corrected chi connectivity index (χ1v) is 10.9. The van der Waals surface area contributed by atoms with E-state index >= 15 is 0 Å². The average molecular weight is 428 g/mol. The topological polar surface area (TPSA) is 122 Å². The molecule has 9 nitrogen and oxygen atoms in total. The van der Waals surface area contributed by atoms with Crippen molar-refractivity contribution in [3.05, 3.63) is 48.0 Å². The van der Waals surface area contributed by atoms with Gasteiger partial charge in [0.2, 0.25) is 15.9 Å². The smallest absolute Gasteiger partial charge is 0.245 e. The van der Waals surface area contributed by atoms with Crippen LogP contribution in [-0.4, -0.2) is 47.8 Å². The molecule has 1 N–H and O–H groups in total. The fourth-order valence-electron chi connectivity index (χ4n) is 3.54. The number of aromatic nitrogens is 2. The molecule has 1 aliphatic rings. The molecule has 1 fully saturated rings. The predicted octanol–water partition coefficient (Wildman–Crippen LogP) is 2.46. The molecule has 10 heteroatoms. The van der Waals surface area contributed by atoms with Crippen molar-refractivity contribution < 1.29 is 22.6 Å². The van der Waals surface area contributed by atoms with E-state index < -0.39 is 15.9 Å². The van der Waals surface area contributed by atoms with Crippen molar-refractivity contribution in [3.8, 4) is 0 Å². The Morgan fingerprint density at radius 3 is 2.63 bits per heavy atom. The van der Waals surface area contributed by atoms with E-state index in [1.54, 1.807) is 36.4 Å². The Kier molecular flexibility index (Phi) is 5.35. The molecule has 0 radical (unpaired) electrons. The van der Waals surface area contributed by atoms with Gasteiger partial charge in [-0.05, 0) is 66.5 Å². The van der Waals surface area contributed by atoms with E-state index in [0.717, 1.165) is 0 Å². The number of benzene rings is 2. The summed E-state index contributed by atoms with van der Waals surface area (Å²) in [5, 5.41) is 10.2.